The summed E-state index contributed by atoms with van der Waals surface area (Å²) in [5, 5.41) is 0. The fourth-order valence-corrected chi connectivity index (χ4v) is 9.36. The van der Waals surface area contributed by atoms with Gasteiger partial charge in [0.15, 0.2) is 5.82 Å². The predicted molar refractivity (Wildman–Crippen MR) is 202 cm³/mol. The molecule has 0 saturated heterocycles. The molecule has 0 fully saturated rings. The number of anilines is 8. The Balaban J connectivity index is 1.37. The highest BCUT2D eigenvalue weighted by Crippen LogP contribution is 2.64. The zero-order valence-corrected chi connectivity index (χ0v) is 27.7. The lowest BCUT2D eigenvalue weighted by atomic mass is 9.64. The molecule has 1 aromatic heterocycles. The van der Waals surface area contributed by atoms with Crippen molar-refractivity contribution in [1.82, 2.24) is 4.98 Å². The molecule has 4 aliphatic heterocycles. The zero-order valence-electron chi connectivity index (χ0n) is 27.7. The third kappa shape index (κ3) is 3.67. The molecule has 0 aliphatic carbocycles. The summed E-state index contributed by atoms with van der Waals surface area (Å²) in [5.74, 6) is 1.00. The maximum atomic E-state index is 5.13. The van der Waals surface area contributed by atoms with Gasteiger partial charge in [0.2, 0.25) is 0 Å². The summed E-state index contributed by atoms with van der Waals surface area (Å²) < 4.78 is 0. The van der Waals surface area contributed by atoms with Crippen LogP contribution in [-0.4, -0.2) is 17.3 Å². The maximum absolute atomic E-state index is 5.13. The van der Waals surface area contributed by atoms with E-state index < -0.39 is 0 Å². The number of benzene rings is 5. The molecule has 0 bridgehead atoms. The predicted octanol–water partition coefficient (Wildman–Crippen LogP) is 10.9. The molecular weight excluding hydrogens is 599 g/mol. The van der Waals surface area contributed by atoms with E-state index in [0.717, 1.165) is 24.3 Å². The molecule has 0 saturated carbocycles. The summed E-state index contributed by atoms with van der Waals surface area (Å²) in [6.07, 6.45) is 3.71. The quantitative estimate of drug-likeness (QED) is 0.192. The Morgan fingerprint density at radius 1 is 0.490 bits per heavy atom. The first kappa shape index (κ1) is 28.2. The normalized spacial score (nSPS) is 20.8. The largest absolute Gasteiger partial charge is 0.314 e. The first-order valence-corrected chi connectivity index (χ1v) is 17.5. The molecule has 49 heavy (non-hydrogen) atoms. The van der Waals surface area contributed by atoms with Gasteiger partial charge in [-0.3, -0.25) is 4.90 Å². The first-order chi connectivity index (χ1) is 24.3. The summed E-state index contributed by atoms with van der Waals surface area (Å²) in [4.78, 5) is 15.4. The summed E-state index contributed by atoms with van der Waals surface area (Å²) in [5.41, 5.74) is 13.8. The van der Waals surface area contributed by atoms with Crippen molar-refractivity contribution in [3.63, 3.8) is 0 Å². The van der Waals surface area contributed by atoms with E-state index in [4.69, 9.17) is 4.98 Å². The topological polar surface area (TPSA) is 25.9 Å². The number of hydrogen-bond acceptors (Lipinski definition) is 5. The molecule has 0 radical (unpaired) electrons. The SMILES string of the molecule is CCC1(CC)C(=C2c3ccccc3N3c4ccccc4N(c4ccccc4)C23)C2N(c3ccccc3)c3cccnc3N2c2ccccc21. The van der Waals surface area contributed by atoms with E-state index in [1.807, 2.05) is 6.20 Å². The summed E-state index contributed by atoms with van der Waals surface area (Å²) in [6.45, 7) is 4.78. The minimum atomic E-state index is -0.234. The average molecular weight is 636 g/mol. The van der Waals surface area contributed by atoms with Crippen molar-refractivity contribution in [2.45, 2.75) is 44.4 Å². The van der Waals surface area contributed by atoms with E-state index in [9.17, 15) is 0 Å². The van der Waals surface area contributed by atoms with Crippen LogP contribution in [0.15, 0.2) is 157 Å². The Kier molecular flexibility index (Phi) is 6.10. The van der Waals surface area contributed by atoms with E-state index >= 15 is 0 Å². The van der Waals surface area contributed by atoms with E-state index in [1.165, 1.54) is 56.4 Å². The molecule has 6 aromatic rings. The molecule has 0 amide bonds. The van der Waals surface area contributed by atoms with Crippen LogP contribution in [0.3, 0.4) is 0 Å². The summed E-state index contributed by atoms with van der Waals surface area (Å²) in [7, 11) is 0. The number of rotatable bonds is 4. The molecule has 2 atom stereocenters. The second kappa shape index (κ2) is 10.6. The number of aromatic nitrogens is 1. The number of para-hydroxylation sites is 6. The van der Waals surface area contributed by atoms with Gasteiger partial charge >= 0.3 is 0 Å². The van der Waals surface area contributed by atoms with Gasteiger partial charge in [-0.15, -0.1) is 0 Å². The standard InChI is InChI=1S/C44H37N5/c1-3-44(4-2)33-23-12-14-25-35(33)49-41-38(28-17-29-45-41)47(31-20-9-6-10-21-31)43(49)40(44)39-32-22-11-13-24-34(32)48-37-27-16-15-26-36(37)46(42(39)48)30-18-7-5-8-19-30/h5-29,42-43H,3-4H2,1-2H3. The van der Waals surface area contributed by atoms with E-state index in [2.05, 4.69) is 179 Å². The second-order valence-electron chi connectivity index (χ2n) is 13.4. The molecule has 0 N–H and O–H groups in total. The second-order valence-corrected chi connectivity index (χ2v) is 13.4. The van der Waals surface area contributed by atoms with Crippen molar-refractivity contribution in [2.24, 2.45) is 0 Å². The molecule has 5 nitrogen and oxygen atoms in total. The van der Waals surface area contributed by atoms with Crippen LogP contribution in [0.25, 0.3) is 5.57 Å². The van der Waals surface area contributed by atoms with Gasteiger partial charge in [0.25, 0.3) is 0 Å². The lowest BCUT2D eigenvalue weighted by molar-refractivity contribution is 0.423. The molecule has 5 aromatic carbocycles. The van der Waals surface area contributed by atoms with Gasteiger partial charge in [0.1, 0.15) is 12.3 Å². The molecular formula is C44H37N5. The minimum Gasteiger partial charge on any atom is -0.314 e. The lowest BCUT2D eigenvalue weighted by Crippen LogP contribution is -2.52. The van der Waals surface area contributed by atoms with Crippen LogP contribution < -0.4 is 19.6 Å². The summed E-state index contributed by atoms with van der Waals surface area (Å²) >= 11 is 0. The average Bonchev–Trinajstić information content (AvgIpc) is 3.81. The van der Waals surface area contributed by atoms with E-state index in [1.54, 1.807) is 0 Å². The van der Waals surface area contributed by atoms with Crippen LogP contribution in [0.4, 0.5) is 45.6 Å². The third-order valence-corrected chi connectivity index (χ3v) is 11.4. The molecule has 2 unspecified atom stereocenters. The Morgan fingerprint density at radius 2 is 1.02 bits per heavy atom. The van der Waals surface area contributed by atoms with E-state index in [-0.39, 0.29) is 17.7 Å². The van der Waals surface area contributed by atoms with Crippen LogP contribution in [0.2, 0.25) is 0 Å². The van der Waals surface area contributed by atoms with Crippen molar-refractivity contribution in [1.29, 1.82) is 0 Å². The van der Waals surface area contributed by atoms with Crippen molar-refractivity contribution in [3.8, 4) is 0 Å². The van der Waals surface area contributed by atoms with Gasteiger partial charge in [-0.2, -0.15) is 0 Å². The molecule has 10 rings (SSSR count). The highest BCUT2D eigenvalue weighted by Gasteiger charge is 2.57. The van der Waals surface area contributed by atoms with E-state index in [0.29, 0.717) is 0 Å². The molecule has 5 heterocycles. The smallest absolute Gasteiger partial charge is 0.159 e. The Bertz CT molecular complexity index is 2240. The fraction of sp³-hybridized carbons (Fsp3) is 0.159. The highest BCUT2D eigenvalue weighted by atomic mass is 15.5. The van der Waals surface area contributed by atoms with Crippen molar-refractivity contribution in [2.75, 3.05) is 19.6 Å². The van der Waals surface area contributed by atoms with Gasteiger partial charge < -0.3 is 14.7 Å². The zero-order chi connectivity index (χ0) is 32.7. The van der Waals surface area contributed by atoms with Crippen molar-refractivity contribution < 1.29 is 0 Å². The van der Waals surface area contributed by atoms with Gasteiger partial charge in [-0.1, -0.05) is 98.8 Å². The monoisotopic (exact) mass is 635 g/mol. The van der Waals surface area contributed by atoms with Crippen LogP contribution in [0.1, 0.15) is 37.8 Å². The highest BCUT2D eigenvalue weighted by molar-refractivity contribution is 6.05. The van der Waals surface area contributed by atoms with Gasteiger partial charge in [0.05, 0.1) is 22.7 Å². The van der Waals surface area contributed by atoms with Gasteiger partial charge in [0, 0.05) is 39.8 Å². The molecule has 238 valence electrons. The van der Waals surface area contributed by atoms with Crippen LogP contribution in [0.5, 0.6) is 0 Å². The van der Waals surface area contributed by atoms with Crippen LogP contribution >= 0.6 is 0 Å². The fourth-order valence-electron chi connectivity index (χ4n) is 9.36. The first-order valence-electron chi connectivity index (χ1n) is 17.5. The Hall–Kier alpha value is -5.81. The van der Waals surface area contributed by atoms with Crippen LogP contribution in [-0.2, 0) is 5.41 Å². The molecule has 5 heteroatoms. The van der Waals surface area contributed by atoms with Crippen molar-refractivity contribution >= 4 is 51.2 Å². The molecule has 4 aliphatic rings. The Labute approximate surface area is 288 Å². The van der Waals surface area contributed by atoms with Gasteiger partial charge in [-0.05, 0) is 84.6 Å². The lowest BCUT2D eigenvalue weighted by Gasteiger charge is -2.51. The van der Waals surface area contributed by atoms with Crippen LogP contribution in [0, 0.1) is 0 Å². The summed E-state index contributed by atoms with van der Waals surface area (Å²) in [6, 6.07) is 53.3. The van der Waals surface area contributed by atoms with Gasteiger partial charge in [-0.25, -0.2) is 4.98 Å². The number of fused-ring (bicyclic) bond motifs is 10. The third-order valence-electron chi connectivity index (χ3n) is 11.4. The Morgan fingerprint density at radius 3 is 1.69 bits per heavy atom. The molecule has 0 spiro atoms. The van der Waals surface area contributed by atoms with Crippen molar-refractivity contribution in [3.05, 3.63) is 168 Å². The number of nitrogens with zero attached hydrogens (tertiary/aromatic N) is 5. The number of pyridine rings is 1. The number of hydrogen-bond donors (Lipinski definition) is 0. The maximum Gasteiger partial charge on any atom is 0.159 e. The minimum absolute atomic E-state index is 0.0638.